The highest BCUT2D eigenvalue weighted by Gasteiger charge is 2.37. The van der Waals surface area contributed by atoms with Crippen LogP contribution in [0.3, 0.4) is 0 Å². The molecular weight excluding hydrogens is 850 g/mol. The number of aromatic nitrogens is 2. The summed E-state index contributed by atoms with van der Waals surface area (Å²) in [5.41, 5.74) is 0.446. The molecule has 6 rings (SSSR count). The number of nitrogens with zero attached hydrogens (tertiary/aromatic N) is 4. The number of rotatable bonds is 7. The van der Waals surface area contributed by atoms with Gasteiger partial charge in [-0.2, -0.15) is 26.3 Å². The Balaban J connectivity index is 0.000000228. The summed E-state index contributed by atoms with van der Waals surface area (Å²) >= 11 is 3.30. The first-order chi connectivity index (χ1) is 28.1. The van der Waals surface area contributed by atoms with E-state index in [1.54, 1.807) is 24.3 Å². The van der Waals surface area contributed by atoms with E-state index in [0.29, 0.717) is 16.7 Å². The van der Waals surface area contributed by atoms with Crippen molar-refractivity contribution >= 4 is 33.1 Å². The number of benzene rings is 4. The predicted octanol–water partition coefficient (Wildman–Crippen LogP) is 12.5. The average Bonchev–Trinajstić information content (AvgIpc) is 3.17. The summed E-state index contributed by atoms with van der Waals surface area (Å²) in [6.45, 7) is 23.4. The Morgan fingerprint density at radius 1 is 0.600 bits per heavy atom. The summed E-state index contributed by atoms with van der Waals surface area (Å²) in [5, 5.41) is 0. The molecule has 7 nitrogen and oxygen atoms in total. The number of carbonyl (C=O) groups is 1. The van der Waals surface area contributed by atoms with E-state index < -0.39 is 46.0 Å². The van der Waals surface area contributed by atoms with Gasteiger partial charge in [-0.3, -0.25) is 14.4 Å². The van der Waals surface area contributed by atoms with Gasteiger partial charge in [0.1, 0.15) is 0 Å². The zero-order chi connectivity index (χ0) is 44.3. The Kier molecular flexibility index (Phi) is 13.2. The van der Waals surface area contributed by atoms with E-state index >= 15 is 0 Å². The van der Waals surface area contributed by atoms with Gasteiger partial charge in [0.2, 0.25) is 0 Å². The zero-order valence-electron chi connectivity index (χ0n) is 32.8. The molecule has 60 heavy (non-hydrogen) atoms. The number of hydrogen-bond acceptors (Lipinski definition) is 3. The number of hydrogen-bond donors (Lipinski definition) is 0. The van der Waals surface area contributed by atoms with Crippen molar-refractivity contribution in [1.82, 2.24) is 9.13 Å². The van der Waals surface area contributed by atoms with Crippen molar-refractivity contribution in [3.05, 3.63) is 195 Å². The first-order valence-corrected chi connectivity index (χ1v) is 18.9. The maximum absolute atomic E-state index is 13.6. The van der Waals surface area contributed by atoms with Crippen LogP contribution < -0.4 is 11.1 Å². The van der Waals surface area contributed by atoms with Crippen molar-refractivity contribution in [3.8, 4) is 22.5 Å². The molecule has 0 atom stereocenters. The van der Waals surface area contributed by atoms with Gasteiger partial charge in [0.25, 0.3) is 22.5 Å². The van der Waals surface area contributed by atoms with Crippen LogP contribution in [0.15, 0.2) is 111 Å². The predicted molar refractivity (Wildman–Crippen MR) is 223 cm³/mol. The van der Waals surface area contributed by atoms with Crippen LogP contribution in [-0.4, -0.2) is 14.9 Å². The fourth-order valence-electron chi connectivity index (χ4n) is 6.59. The lowest BCUT2D eigenvalue weighted by molar-refractivity contribution is -0.137. The fraction of sp³-hybridized carbons (Fsp3) is 0.196. The SMILES string of the molecule is [C-]#[N+]c1c(C(F)(F)F)cc(-c2ccc(Br)cc2)n(Cc2ccc(C)cc2C)c1=O.[C-]#[N+]c1c(C(F)(F)F)cc(-c2ccc(C(C)=O)cc2)n(Cc2ccc(C)cc2C)c1=O. The van der Waals surface area contributed by atoms with Gasteiger partial charge >= 0.3 is 12.4 Å². The fourth-order valence-corrected chi connectivity index (χ4v) is 6.86. The molecule has 0 unspecified atom stereocenters. The second kappa shape index (κ2) is 17.8. The number of halogens is 7. The van der Waals surface area contributed by atoms with E-state index in [4.69, 9.17) is 13.1 Å². The molecule has 0 saturated heterocycles. The molecule has 0 aliphatic rings. The highest BCUT2D eigenvalue weighted by atomic mass is 79.9. The molecule has 2 heterocycles. The minimum atomic E-state index is -4.86. The van der Waals surface area contributed by atoms with Crippen LogP contribution in [0.5, 0.6) is 0 Å². The zero-order valence-corrected chi connectivity index (χ0v) is 34.4. The monoisotopic (exact) mass is 884 g/mol. The van der Waals surface area contributed by atoms with E-state index in [-0.39, 0.29) is 30.3 Å². The van der Waals surface area contributed by atoms with Gasteiger partial charge in [-0.1, -0.05) is 99.9 Å². The van der Waals surface area contributed by atoms with Gasteiger partial charge in [-0.25, -0.2) is 9.69 Å². The van der Waals surface area contributed by atoms with Crippen molar-refractivity contribution in [1.29, 1.82) is 0 Å². The molecule has 0 radical (unpaired) electrons. The Labute approximate surface area is 350 Å². The maximum atomic E-state index is 13.6. The standard InChI is InChI=1S/C24H19F3N2O2.C22H16BrF3N2O/c1-14-5-6-19(15(2)11-14)13-29-21(18-9-7-17(8-10-18)16(3)30)12-20(24(25,26)27)22(28-4)23(29)31;1-13-4-5-16(14(2)10-13)12-28-19(15-6-8-17(23)9-7-15)11-18(22(24,25)26)20(27-3)21(28)29/h5-12H,13H2,1-3H3;4-11H,12H2,1-2H3. The summed E-state index contributed by atoms with van der Waals surface area (Å²) < 4.78 is 84.7. The summed E-state index contributed by atoms with van der Waals surface area (Å²) in [4.78, 5) is 43.3. The van der Waals surface area contributed by atoms with Crippen molar-refractivity contribution in [2.24, 2.45) is 0 Å². The molecule has 0 saturated carbocycles. The minimum absolute atomic E-state index is 0.00932. The lowest BCUT2D eigenvalue weighted by Gasteiger charge is -2.19. The van der Waals surface area contributed by atoms with Gasteiger partial charge < -0.3 is 9.13 Å². The number of aryl methyl sites for hydroxylation is 4. The molecule has 0 N–H and O–H groups in total. The molecule has 0 aliphatic carbocycles. The van der Waals surface area contributed by atoms with Gasteiger partial charge in [-0.15, -0.1) is 0 Å². The molecule has 6 aromatic rings. The number of pyridine rings is 2. The first-order valence-electron chi connectivity index (χ1n) is 18.1. The molecule has 0 spiro atoms. The smallest absolute Gasteiger partial charge is 0.313 e. The van der Waals surface area contributed by atoms with E-state index in [9.17, 15) is 40.7 Å². The second-order valence-electron chi connectivity index (χ2n) is 14.1. The van der Waals surface area contributed by atoms with Crippen molar-refractivity contribution < 1.29 is 31.1 Å². The maximum Gasteiger partial charge on any atom is 0.407 e. The quantitative estimate of drug-likeness (QED) is 0.0911. The summed E-state index contributed by atoms with van der Waals surface area (Å²) in [7, 11) is 0. The Bertz CT molecular complexity index is 2830. The molecule has 4 aromatic carbocycles. The van der Waals surface area contributed by atoms with E-state index in [1.165, 1.54) is 40.3 Å². The summed E-state index contributed by atoms with van der Waals surface area (Å²) in [5.74, 6) is -0.182. The number of Topliss-reactive ketones (excluding diaryl/α,β-unsaturated/α-hetero) is 1. The lowest BCUT2D eigenvalue weighted by atomic mass is 10.0. The third kappa shape index (κ3) is 9.84. The average molecular weight is 886 g/mol. The minimum Gasteiger partial charge on any atom is -0.313 e. The second-order valence-corrected chi connectivity index (χ2v) is 15.0. The Hall–Kier alpha value is -6.51. The molecule has 0 amide bonds. The van der Waals surface area contributed by atoms with Gasteiger partial charge in [-0.05, 0) is 92.3 Å². The molecule has 0 aliphatic heterocycles. The first kappa shape index (κ1) is 44.6. The lowest BCUT2D eigenvalue weighted by Crippen LogP contribution is -2.25. The van der Waals surface area contributed by atoms with E-state index in [0.717, 1.165) is 50.0 Å². The van der Waals surface area contributed by atoms with Crippen molar-refractivity contribution in [2.45, 2.75) is 60.1 Å². The number of carbonyl (C=O) groups excluding carboxylic acids is 1. The molecular formula is C46H35BrF6N4O3. The Morgan fingerprint density at radius 2 is 0.967 bits per heavy atom. The van der Waals surface area contributed by atoms with Crippen LogP contribution in [-0.2, 0) is 25.4 Å². The summed E-state index contributed by atoms with van der Waals surface area (Å²) in [6.07, 6.45) is -9.66. The van der Waals surface area contributed by atoms with Crippen LogP contribution in [0.25, 0.3) is 32.2 Å². The van der Waals surface area contributed by atoms with Crippen LogP contribution >= 0.6 is 15.9 Å². The topological polar surface area (TPSA) is 69.8 Å². The third-order valence-electron chi connectivity index (χ3n) is 9.76. The van der Waals surface area contributed by atoms with Gasteiger partial charge in [0.15, 0.2) is 5.78 Å². The molecule has 0 bridgehead atoms. The van der Waals surface area contributed by atoms with Crippen LogP contribution in [0.2, 0.25) is 0 Å². The molecule has 306 valence electrons. The number of alkyl halides is 6. The van der Waals surface area contributed by atoms with Crippen molar-refractivity contribution in [3.63, 3.8) is 0 Å². The van der Waals surface area contributed by atoms with E-state index in [2.05, 4.69) is 25.6 Å². The normalized spacial score (nSPS) is 11.3. The van der Waals surface area contributed by atoms with Crippen LogP contribution in [0, 0.1) is 40.8 Å². The summed E-state index contributed by atoms with van der Waals surface area (Å²) in [6, 6.07) is 25.6. The highest BCUT2D eigenvalue weighted by molar-refractivity contribution is 9.10. The molecule has 0 fully saturated rings. The third-order valence-corrected chi connectivity index (χ3v) is 10.3. The Morgan fingerprint density at radius 3 is 1.28 bits per heavy atom. The van der Waals surface area contributed by atoms with E-state index in [1.807, 2.05) is 64.1 Å². The molecule has 2 aromatic heterocycles. The largest absolute Gasteiger partial charge is 0.407 e. The van der Waals surface area contributed by atoms with Crippen LogP contribution in [0.4, 0.5) is 37.7 Å². The van der Waals surface area contributed by atoms with Gasteiger partial charge in [0.05, 0.1) is 37.4 Å². The highest BCUT2D eigenvalue weighted by Crippen LogP contribution is 2.39. The van der Waals surface area contributed by atoms with Gasteiger partial charge in [0, 0.05) is 21.4 Å². The molecule has 14 heteroatoms. The van der Waals surface area contributed by atoms with Crippen LogP contribution in [0.1, 0.15) is 61.8 Å². The van der Waals surface area contributed by atoms with Crippen molar-refractivity contribution in [2.75, 3.05) is 0 Å². The number of ketones is 1.